The van der Waals surface area contributed by atoms with Gasteiger partial charge in [-0.1, -0.05) is 40.5 Å². The fourth-order valence-corrected chi connectivity index (χ4v) is 2.87. The predicted octanol–water partition coefficient (Wildman–Crippen LogP) is 4.59. The Hall–Kier alpha value is -2.97. The van der Waals surface area contributed by atoms with Crippen molar-refractivity contribution in [2.24, 2.45) is 5.41 Å². The zero-order valence-corrected chi connectivity index (χ0v) is 18.6. The number of nitrogens with one attached hydrogen (secondary N) is 1. The van der Waals surface area contributed by atoms with E-state index in [4.69, 9.17) is 9.15 Å². The Morgan fingerprint density at radius 2 is 1.84 bits per heavy atom. The molecule has 0 saturated carbocycles. The highest BCUT2D eigenvalue weighted by atomic mass is 19.1. The summed E-state index contributed by atoms with van der Waals surface area (Å²) < 4.78 is 24.4. The van der Waals surface area contributed by atoms with Crippen molar-refractivity contribution >= 4 is 12.1 Å². The Morgan fingerprint density at radius 3 is 2.39 bits per heavy atom. The molecule has 0 unspecified atom stereocenters. The van der Waals surface area contributed by atoms with Gasteiger partial charge < -0.3 is 19.6 Å². The van der Waals surface area contributed by atoms with Crippen LogP contribution in [0.2, 0.25) is 0 Å². The van der Waals surface area contributed by atoms with Gasteiger partial charge in [0.05, 0.1) is 6.42 Å². The van der Waals surface area contributed by atoms with Crippen molar-refractivity contribution in [1.82, 2.24) is 15.5 Å². The van der Waals surface area contributed by atoms with Crippen molar-refractivity contribution in [3.8, 4) is 11.5 Å². The van der Waals surface area contributed by atoms with Crippen molar-refractivity contribution in [3.63, 3.8) is 0 Å². The van der Waals surface area contributed by atoms with Crippen LogP contribution in [0.25, 0.3) is 11.5 Å². The highest BCUT2D eigenvalue weighted by Crippen LogP contribution is 2.27. The molecule has 8 nitrogen and oxygen atoms in total. The molecule has 170 valence electrons. The molecule has 0 saturated heterocycles. The van der Waals surface area contributed by atoms with Gasteiger partial charge in [-0.3, -0.25) is 0 Å². The standard InChI is InChI=1S/C22H30FN3O5/c1-6-7-12-22(5,19(27)28)24-20(29)30-16(21(2,3)4)13-17-25-26-18(31-17)14-8-10-15(23)11-9-14/h8-11,16H,6-7,12-13H2,1-5H3,(H,24,29)(H,27,28)/t16-,22+/m1/s1. The Kier molecular flexibility index (Phi) is 7.75. The molecule has 0 aliphatic carbocycles. The highest BCUT2D eigenvalue weighted by molar-refractivity contribution is 5.83. The van der Waals surface area contributed by atoms with Crippen LogP contribution < -0.4 is 5.32 Å². The first-order valence-corrected chi connectivity index (χ1v) is 10.2. The first-order valence-electron chi connectivity index (χ1n) is 10.2. The number of hydrogen-bond donors (Lipinski definition) is 2. The number of aliphatic carboxylic acids is 1. The van der Waals surface area contributed by atoms with E-state index in [1.165, 1.54) is 31.2 Å². The van der Waals surface area contributed by atoms with Crippen LogP contribution in [0.4, 0.5) is 9.18 Å². The van der Waals surface area contributed by atoms with E-state index < -0.39 is 29.1 Å². The van der Waals surface area contributed by atoms with Gasteiger partial charge >= 0.3 is 12.1 Å². The summed E-state index contributed by atoms with van der Waals surface area (Å²) in [6.07, 6.45) is 0.415. The molecule has 2 rings (SSSR count). The van der Waals surface area contributed by atoms with Crippen LogP contribution in [-0.4, -0.2) is 39.0 Å². The summed E-state index contributed by atoms with van der Waals surface area (Å²) in [5.74, 6) is -1.02. The lowest BCUT2D eigenvalue weighted by Crippen LogP contribution is -2.53. The van der Waals surface area contributed by atoms with Crippen molar-refractivity contribution in [2.75, 3.05) is 0 Å². The van der Waals surface area contributed by atoms with E-state index >= 15 is 0 Å². The van der Waals surface area contributed by atoms with Crippen molar-refractivity contribution in [2.45, 2.75) is 71.9 Å². The quantitative estimate of drug-likeness (QED) is 0.592. The molecule has 0 aliphatic heterocycles. The number of alkyl carbamates (subject to hydrolysis) is 1. The van der Waals surface area contributed by atoms with Gasteiger partial charge in [-0.15, -0.1) is 10.2 Å². The van der Waals surface area contributed by atoms with Gasteiger partial charge in [-0.2, -0.15) is 0 Å². The molecule has 0 radical (unpaired) electrons. The van der Waals surface area contributed by atoms with E-state index in [2.05, 4.69) is 15.5 Å². The number of halogens is 1. The number of rotatable bonds is 9. The number of amides is 1. The van der Waals surface area contributed by atoms with Crippen molar-refractivity contribution in [3.05, 3.63) is 36.0 Å². The summed E-state index contributed by atoms with van der Waals surface area (Å²) >= 11 is 0. The molecule has 1 heterocycles. The molecule has 2 aromatic rings. The van der Waals surface area contributed by atoms with Crippen molar-refractivity contribution in [1.29, 1.82) is 0 Å². The monoisotopic (exact) mass is 435 g/mol. The Labute approximate surface area is 181 Å². The number of nitrogens with zero attached hydrogens (tertiary/aromatic N) is 2. The van der Waals surface area contributed by atoms with Gasteiger partial charge in [0.25, 0.3) is 0 Å². The lowest BCUT2D eigenvalue weighted by atomic mass is 9.87. The van der Waals surface area contributed by atoms with Crippen LogP contribution in [0.3, 0.4) is 0 Å². The maximum atomic E-state index is 13.1. The van der Waals surface area contributed by atoms with Gasteiger partial charge in [-0.05, 0) is 43.0 Å². The van der Waals surface area contributed by atoms with E-state index in [0.29, 0.717) is 18.4 Å². The zero-order chi connectivity index (χ0) is 23.2. The lowest BCUT2D eigenvalue weighted by Gasteiger charge is -2.32. The third kappa shape index (κ3) is 6.77. The van der Waals surface area contributed by atoms with E-state index in [9.17, 15) is 19.1 Å². The molecular formula is C22H30FN3O5. The molecule has 0 fully saturated rings. The number of ether oxygens (including phenoxy) is 1. The summed E-state index contributed by atoms with van der Waals surface area (Å²) in [7, 11) is 0. The number of aromatic nitrogens is 2. The third-order valence-corrected chi connectivity index (χ3v) is 5.01. The number of benzene rings is 1. The van der Waals surface area contributed by atoms with Crippen LogP contribution in [0.1, 0.15) is 59.8 Å². The number of hydrogen-bond acceptors (Lipinski definition) is 6. The summed E-state index contributed by atoms with van der Waals surface area (Å²) in [5, 5.41) is 20.0. The summed E-state index contributed by atoms with van der Waals surface area (Å²) in [5.41, 5.74) is -1.33. The summed E-state index contributed by atoms with van der Waals surface area (Å²) in [6, 6.07) is 5.65. The summed E-state index contributed by atoms with van der Waals surface area (Å²) in [6.45, 7) is 9.06. The minimum absolute atomic E-state index is 0.143. The highest BCUT2D eigenvalue weighted by Gasteiger charge is 2.37. The molecule has 0 spiro atoms. The van der Waals surface area contributed by atoms with Crippen LogP contribution >= 0.6 is 0 Å². The number of carbonyl (C=O) groups excluding carboxylic acids is 1. The minimum atomic E-state index is -1.42. The molecule has 31 heavy (non-hydrogen) atoms. The number of unbranched alkanes of at least 4 members (excludes halogenated alkanes) is 1. The molecule has 0 aliphatic rings. The third-order valence-electron chi connectivity index (χ3n) is 5.01. The average molecular weight is 435 g/mol. The Balaban J connectivity index is 2.11. The Morgan fingerprint density at radius 1 is 1.19 bits per heavy atom. The van der Waals surface area contributed by atoms with Crippen LogP contribution in [0.5, 0.6) is 0 Å². The van der Waals surface area contributed by atoms with E-state index in [-0.39, 0.29) is 24.0 Å². The van der Waals surface area contributed by atoms with Crippen LogP contribution in [0.15, 0.2) is 28.7 Å². The van der Waals surface area contributed by atoms with Crippen molar-refractivity contribution < 1.29 is 28.2 Å². The van der Waals surface area contributed by atoms with Gasteiger partial charge in [-0.25, -0.2) is 14.0 Å². The average Bonchev–Trinajstić information content (AvgIpc) is 3.14. The first kappa shape index (κ1) is 24.3. The smallest absolute Gasteiger partial charge is 0.408 e. The fourth-order valence-electron chi connectivity index (χ4n) is 2.87. The Bertz CT molecular complexity index is 891. The van der Waals surface area contributed by atoms with Gasteiger partial charge in [0.15, 0.2) is 0 Å². The van der Waals surface area contributed by atoms with E-state index in [1.807, 2.05) is 27.7 Å². The van der Waals surface area contributed by atoms with E-state index in [1.54, 1.807) is 0 Å². The zero-order valence-electron chi connectivity index (χ0n) is 18.6. The second-order valence-corrected chi connectivity index (χ2v) is 8.84. The van der Waals surface area contributed by atoms with Gasteiger partial charge in [0.2, 0.25) is 11.8 Å². The SMILES string of the molecule is CCCC[C@](C)(NC(=O)O[C@H](Cc1nnc(-c2ccc(F)cc2)o1)C(C)(C)C)C(=O)O. The van der Waals surface area contributed by atoms with E-state index in [0.717, 1.165) is 6.42 Å². The normalized spacial score (nSPS) is 14.5. The summed E-state index contributed by atoms with van der Waals surface area (Å²) in [4.78, 5) is 24.2. The number of carbonyl (C=O) groups is 2. The molecule has 1 aromatic carbocycles. The maximum Gasteiger partial charge on any atom is 0.408 e. The topological polar surface area (TPSA) is 115 Å². The molecule has 0 bridgehead atoms. The van der Waals surface area contributed by atoms with Crippen LogP contribution in [0, 0.1) is 11.2 Å². The second-order valence-electron chi connectivity index (χ2n) is 8.84. The second kappa shape index (κ2) is 9.89. The number of carboxylic acids is 1. The largest absolute Gasteiger partial charge is 0.480 e. The predicted molar refractivity (Wildman–Crippen MR) is 112 cm³/mol. The van der Waals surface area contributed by atoms with Crippen LogP contribution in [-0.2, 0) is 16.0 Å². The lowest BCUT2D eigenvalue weighted by molar-refractivity contribution is -0.144. The molecule has 9 heteroatoms. The molecule has 1 aromatic heterocycles. The minimum Gasteiger partial charge on any atom is -0.480 e. The van der Waals surface area contributed by atoms with Gasteiger partial charge in [0, 0.05) is 5.56 Å². The van der Waals surface area contributed by atoms with Gasteiger partial charge in [0.1, 0.15) is 17.5 Å². The molecule has 2 atom stereocenters. The fraction of sp³-hybridized carbons (Fsp3) is 0.545. The first-order chi connectivity index (χ1) is 14.4. The molecular weight excluding hydrogens is 405 g/mol. The molecule has 2 N–H and O–H groups in total. The maximum absolute atomic E-state index is 13.1. The molecule has 1 amide bonds. The number of carboxylic acid groups (broad SMARTS) is 1.